The van der Waals surface area contributed by atoms with Gasteiger partial charge in [-0.2, -0.15) is 0 Å². The van der Waals surface area contributed by atoms with Crippen LogP contribution in [0.3, 0.4) is 0 Å². The van der Waals surface area contributed by atoms with Gasteiger partial charge < -0.3 is 9.84 Å². The fraction of sp³-hybridized carbons (Fsp3) is 0.583. The number of rotatable bonds is 5. The van der Waals surface area contributed by atoms with Crippen molar-refractivity contribution in [1.82, 2.24) is 4.98 Å². The third kappa shape index (κ3) is 3.20. The molecular weight excluding hydrogens is 190 g/mol. The fourth-order valence-electron chi connectivity index (χ4n) is 1.59. The summed E-state index contributed by atoms with van der Waals surface area (Å²) in [6.45, 7) is 6.40. The molecule has 1 aromatic rings. The maximum atomic E-state index is 10.2. The molecule has 0 saturated heterocycles. The lowest BCUT2D eigenvalue weighted by Crippen LogP contribution is -2.20. The van der Waals surface area contributed by atoms with Crippen molar-refractivity contribution >= 4 is 0 Å². The van der Waals surface area contributed by atoms with Crippen molar-refractivity contribution < 1.29 is 9.84 Å². The minimum Gasteiger partial charge on any atom is -0.492 e. The van der Waals surface area contributed by atoms with Gasteiger partial charge in [0, 0.05) is 11.8 Å². The summed E-state index contributed by atoms with van der Waals surface area (Å²) in [6.07, 6.45) is 5.02. The van der Waals surface area contributed by atoms with Crippen molar-refractivity contribution in [3.05, 3.63) is 24.0 Å². The first kappa shape index (κ1) is 12.0. The van der Waals surface area contributed by atoms with Crippen LogP contribution >= 0.6 is 0 Å². The van der Waals surface area contributed by atoms with Crippen molar-refractivity contribution in [2.24, 2.45) is 0 Å². The van der Waals surface area contributed by atoms with E-state index in [2.05, 4.69) is 4.98 Å². The average Bonchev–Trinajstić information content (AvgIpc) is 2.19. The van der Waals surface area contributed by atoms with E-state index in [9.17, 15) is 5.11 Å². The third-order valence-corrected chi connectivity index (χ3v) is 2.38. The maximum Gasteiger partial charge on any atom is 0.137 e. The maximum absolute atomic E-state index is 10.2. The SMILES string of the molecule is CCCC(C)(O)c1cncc(OCC)c1. The van der Waals surface area contributed by atoms with Crippen molar-refractivity contribution in [3.63, 3.8) is 0 Å². The molecule has 0 fully saturated rings. The summed E-state index contributed by atoms with van der Waals surface area (Å²) >= 11 is 0. The van der Waals surface area contributed by atoms with Crippen LogP contribution in [0.15, 0.2) is 18.5 Å². The Balaban J connectivity index is 2.88. The molecule has 0 aliphatic carbocycles. The molecule has 0 bridgehead atoms. The average molecular weight is 209 g/mol. The van der Waals surface area contributed by atoms with Crippen LogP contribution in [0.1, 0.15) is 39.2 Å². The van der Waals surface area contributed by atoms with Crippen LogP contribution in [0.2, 0.25) is 0 Å². The predicted molar refractivity (Wildman–Crippen MR) is 59.9 cm³/mol. The molecule has 1 heterocycles. The van der Waals surface area contributed by atoms with E-state index in [-0.39, 0.29) is 0 Å². The monoisotopic (exact) mass is 209 g/mol. The summed E-state index contributed by atoms with van der Waals surface area (Å²) < 4.78 is 5.35. The van der Waals surface area contributed by atoms with Gasteiger partial charge in [0.2, 0.25) is 0 Å². The van der Waals surface area contributed by atoms with E-state index in [1.807, 2.05) is 26.8 Å². The Hall–Kier alpha value is -1.09. The first-order chi connectivity index (χ1) is 7.10. The Bertz CT molecular complexity index is 310. The molecule has 1 rings (SSSR count). The molecule has 1 atom stereocenters. The van der Waals surface area contributed by atoms with Crippen LogP contribution in [0.4, 0.5) is 0 Å². The molecule has 1 aromatic heterocycles. The minimum atomic E-state index is -0.811. The molecule has 1 unspecified atom stereocenters. The second-order valence-corrected chi connectivity index (χ2v) is 3.87. The van der Waals surface area contributed by atoms with Gasteiger partial charge in [-0.15, -0.1) is 0 Å². The zero-order valence-corrected chi connectivity index (χ0v) is 9.66. The Kier molecular flexibility index (Phi) is 4.09. The molecule has 0 aromatic carbocycles. The number of nitrogens with zero attached hydrogens (tertiary/aromatic N) is 1. The molecule has 0 aliphatic rings. The van der Waals surface area contributed by atoms with Crippen molar-refractivity contribution in [1.29, 1.82) is 0 Å². The first-order valence-corrected chi connectivity index (χ1v) is 5.41. The molecule has 3 heteroatoms. The molecule has 84 valence electrons. The van der Waals surface area contributed by atoms with Gasteiger partial charge in [0.25, 0.3) is 0 Å². The largest absolute Gasteiger partial charge is 0.492 e. The van der Waals surface area contributed by atoms with Gasteiger partial charge in [-0.1, -0.05) is 13.3 Å². The van der Waals surface area contributed by atoms with E-state index in [0.29, 0.717) is 12.4 Å². The van der Waals surface area contributed by atoms with Gasteiger partial charge in [0.1, 0.15) is 5.75 Å². The van der Waals surface area contributed by atoms with E-state index in [0.717, 1.165) is 18.4 Å². The highest BCUT2D eigenvalue weighted by atomic mass is 16.5. The molecule has 0 radical (unpaired) electrons. The van der Waals surface area contributed by atoms with Crippen LogP contribution < -0.4 is 4.74 Å². The van der Waals surface area contributed by atoms with E-state index >= 15 is 0 Å². The highest BCUT2D eigenvalue weighted by Gasteiger charge is 2.22. The molecular formula is C12H19NO2. The van der Waals surface area contributed by atoms with Crippen LogP contribution in [-0.4, -0.2) is 16.7 Å². The summed E-state index contributed by atoms with van der Waals surface area (Å²) in [5, 5.41) is 10.2. The highest BCUT2D eigenvalue weighted by molar-refractivity contribution is 5.27. The van der Waals surface area contributed by atoms with Gasteiger partial charge in [0.05, 0.1) is 18.4 Å². The Morgan fingerprint density at radius 1 is 1.40 bits per heavy atom. The van der Waals surface area contributed by atoms with Gasteiger partial charge in [-0.3, -0.25) is 4.98 Å². The number of hydrogen-bond donors (Lipinski definition) is 1. The highest BCUT2D eigenvalue weighted by Crippen LogP contribution is 2.27. The Labute approximate surface area is 91.1 Å². The summed E-state index contributed by atoms with van der Waals surface area (Å²) in [5.41, 5.74) is 0.00444. The van der Waals surface area contributed by atoms with Crippen molar-refractivity contribution in [2.45, 2.75) is 39.2 Å². The van der Waals surface area contributed by atoms with E-state index < -0.39 is 5.60 Å². The summed E-state index contributed by atoms with van der Waals surface area (Å²) in [5.74, 6) is 0.714. The first-order valence-electron chi connectivity index (χ1n) is 5.41. The predicted octanol–water partition coefficient (Wildman–Crippen LogP) is 2.49. The van der Waals surface area contributed by atoms with Crippen LogP contribution in [0.25, 0.3) is 0 Å². The van der Waals surface area contributed by atoms with Crippen LogP contribution in [0, 0.1) is 0 Å². The van der Waals surface area contributed by atoms with E-state index in [1.54, 1.807) is 12.4 Å². The van der Waals surface area contributed by atoms with Crippen LogP contribution in [0.5, 0.6) is 5.75 Å². The van der Waals surface area contributed by atoms with Crippen molar-refractivity contribution in [2.75, 3.05) is 6.61 Å². The smallest absolute Gasteiger partial charge is 0.137 e. The molecule has 15 heavy (non-hydrogen) atoms. The van der Waals surface area contributed by atoms with E-state index in [1.165, 1.54) is 0 Å². The quantitative estimate of drug-likeness (QED) is 0.810. The lowest BCUT2D eigenvalue weighted by Gasteiger charge is -2.23. The lowest BCUT2D eigenvalue weighted by atomic mass is 9.93. The number of aromatic nitrogens is 1. The van der Waals surface area contributed by atoms with Crippen molar-refractivity contribution in [3.8, 4) is 5.75 Å². The zero-order valence-electron chi connectivity index (χ0n) is 9.66. The summed E-state index contributed by atoms with van der Waals surface area (Å²) in [6, 6.07) is 1.85. The van der Waals surface area contributed by atoms with Gasteiger partial charge >= 0.3 is 0 Å². The summed E-state index contributed by atoms with van der Waals surface area (Å²) in [7, 11) is 0. The molecule has 0 spiro atoms. The topological polar surface area (TPSA) is 42.4 Å². The number of ether oxygens (including phenoxy) is 1. The Morgan fingerprint density at radius 3 is 2.73 bits per heavy atom. The zero-order chi connectivity index (χ0) is 11.3. The molecule has 0 aliphatic heterocycles. The normalized spacial score (nSPS) is 14.7. The molecule has 1 N–H and O–H groups in total. The second-order valence-electron chi connectivity index (χ2n) is 3.87. The van der Waals surface area contributed by atoms with Gasteiger partial charge in [-0.25, -0.2) is 0 Å². The standard InChI is InChI=1S/C12H19NO2/c1-4-6-12(3,14)10-7-11(15-5-2)9-13-8-10/h7-9,14H,4-6H2,1-3H3. The third-order valence-electron chi connectivity index (χ3n) is 2.38. The number of hydrogen-bond acceptors (Lipinski definition) is 3. The second kappa shape index (κ2) is 5.12. The molecule has 3 nitrogen and oxygen atoms in total. The summed E-state index contributed by atoms with van der Waals surface area (Å²) in [4.78, 5) is 4.07. The number of aliphatic hydroxyl groups is 1. The van der Waals surface area contributed by atoms with Gasteiger partial charge in [0.15, 0.2) is 0 Å². The Morgan fingerprint density at radius 2 is 2.13 bits per heavy atom. The minimum absolute atomic E-state index is 0.612. The van der Waals surface area contributed by atoms with Gasteiger partial charge in [-0.05, 0) is 26.3 Å². The molecule has 0 saturated carbocycles. The lowest BCUT2D eigenvalue weighted by molar-refractivity contribution is 0.0463. The van der Waals surface area contributed by atoms with E-state index in [4.69, 9.17) is 4.74 Å². The fourth-order valence-corrected chi connectivity index (χ4v) is 1.59. The number of pyridine rings is 1. The molecule has 0 amide bonds. The van der Waals surface area contributed by atoms with Crippen LogP contribution in [-0.2, 0) is 5.60 Å².